The average Bonchev–Trinajstić information content (AvgIpc) is 3.84. The van der Waals surface area contributed by atoms with Crippen molar-refractivity contribution in [3.05, 3.63) is 99.3 Å². The van der Waals surface area contributed by atoms with E-state index >= 15 is 0 Å². The molecule has 0 saturated heterocycles. The fourth-order valence-corrected chi connectivity index (χ4v) is 10.6. The van der Waals surface area contributed by atoms with Gasteiger partial charge in [-0.1, -0.05) is 64.1 Å². The molecular formula is C47H63ClFN5O5SSi2. The molecule has 10 nitrogen and oxygen atoms in total. The van der Waals surface area contributed by atoms with E-state index in [1.807, 2.05) is 52.4 Å². The minimum atomic E-state index is -1.96. The number of phenolic OH excluding ortho intramolecular Hbond substituents is 1. The van der Waals surface area contributed by atoms with E-state index in [1.165, 1.54) is 19.2 Å². The Hall–Kier alpha value is -3.93. The molecule has 334 valence electrons. The summed E-state index contributed by atoms with van der Waals surface area (Å²) in [6.07, 6.45) is 4.63. The van der Waals surface area contributed by atoms with Gasteiger partial charge in [-0.25, -0.2) is 9.18 Å². The van der Waals surface area contributed by atoms with Crippen molar-refractivity contribution >= 4 is 67.4 Å². The second kappa shape index (κ2) is 19.4. The van der Waals surface area contributed by atoms with Crippen molar-refractivity contribution in [2.24, 2.45) is 14.1 Å². The molecule has 6 aromatic rings. The minimum absolute atomic E-state index is 0.0917. The quantitative estimate of drug-likeness (QED) is 0.0486. The molecule has 3 aromatic carbocycles. The number of aromatic nitrogens is 5. The zero-order chi connectivity index (χ0) is 45.1. The summed E-state index contributed by atoms with van der Waals surface area (Å²) < 4.78 is 38.1. The zero-order valence-electron chi connectivity index (χ0n) is 38.2. The van der Waals surface area contributed by atoms with Gasteiger partial charge in [0.05, 0.1) is 35.2 Å². The Morgan fingerprint density at radius 2 is 1.68 bits per heavy atom. The molecule has 0 aliphatic rings. The molecule has 3 aromatic heterocycles. The predicted octanol–water partition coefficient (Wildman–Crippen LogP) is 11.7. The maximum absolute atomic E-state index is 13.9. The van der Waals surface area contributed by atoms with E-state index in [9.17, 15) is 14.3 Å². The predicted molar refractivity (Wildman–Crippen MR) is 257 cm³/mol. The zero-order valence-corrected chi connectivity index (χ0v) is 41.8. The van der Waals surface area contributed by atoms with Crippen LogP contribution in [-0.4, -0.2) is 71.9 Å². The van der Waals surface area contributed by atoms with Crippen LogP contribution in [0.5, 0.6) is 5.75 Å². The number of carbonyl (C=O) groups excluding carboxylic acids is 1. The molecule has 1 N–H and O–H groups in total. The van der Waals surface area contributed by atoms with Gasteiger partial charge in [0.2, 0.25) is 0 Å². The van der Waals surface area contributed by atoms with Crippen LogP contribution in [0.2, 0.25) is 48.8 Å². The first-order valence-electron chi connectivity index (χ1n) is 21.3. The van der Waals surface area contributed by atoms with Crippen LogP contribution in [0.1, 0.15) is 65.8 Å². The lowest BCUT2D eigenvalue weighted by molar-refractivity contribution is 0.0544. The van der Waals surface area contributed by atoms with Gasteiger partial charge < -0.3 is 23.6 Å². The molecule has 15 heteroatoms. The summed E-state index contributed by atoms with van der Waals surface area (Å²) in [6, 6.07) is 15.2. The summed E-state index contributed by atoms with van der Waals surface area (Å²) in [5.74, 6) is 0.718. The van der Waals surface area contributed by atoms with Gasteiger partial charge in [-0.15, -0.1) is 0 Å². The fraction of sp³-hybridized carbons (Fsp3) is 0.468. The van der Waals surface area contributed by atoms with Gasteiger partial charge in [-0.2, -0.15) is 22.0 Å². The molecule has 3 heterocycles. The molecule has 0 amide bonds. The number of phenols is 1. The van der Waals surface area contributed by atoms with Crippen LogP contribution in [0.3, 0.4) is 0 Å². The number of hydrogen-bond acceptors (Lipinski definition) is 8. The Labute approximate surface area is 377 Å². The first-order chi connectivity index (χ1) is 29.2. The Kier molecular flexibility index (Phi) is 14.9. The summed E-state index contributed by atoms with van der Waals surface area (Å²) in [6.45, 7) is 19.6. The largest absolute Gasteiger partial charge is 0.507 e. The number of methoxy groups -OCH3 is 1. The SMILES string of the molecule is COC(=O)c1c(CCCO[Si](C)(C)C(C)(C)C)c2ccc(Cl)c(-c3c(CSCc4cc(CCc5cc(O)c6ccc(F)cc6c5)n(C)n4)cnn3C)c2n1COCC[Si](C)(C)C. The van der Waals surface area contributed by atoms with Gasteiger partial charge in [-0.05, 0) is 103 Å². The van der Waals surface area contributed by atoms with Crippen LogP contribution in [0.15, 0.2) is 54.7 Å². The number of fused-ring (bicyclic) bond motifs is 2. The van der Waals surface area contributed by atoms with E-state index in [0.717, 1.165) is 62.7 Å². The number of ether oxygens (including phenoxy) is 2. The Morgan fingerprint density at radius 1 is 0.935 bits per heavy atom. The monoisotopic (exact) mass is 919 g/mol. The van der Waals surface area contributed by atoms with Crippen molar-refractivity contribution < 1.29 is 28.2 Å². The molecule has 0 aliphatic heterocycles. The number of hydrogen-bond donors (Lipinski definition) is 1. The highest BCUT2D eigenvalue weighted by Crippen LogP contribution is 2.42. The van der Waals surface area contributed by atoms with Crippen molar-refractivity contribution in [1.82, 2.24) is 24.1 Å². The van der Waals surface area contributed by atoms with Crippen molar-refractivity contribution in [2.45, 2.75) is 109 Å². The van der Waals surface area contributed by atoms with Crippen molar-refractivity contribution in [2.75, 3.05) is 20.3 Å². The van der Waals surface area contributed by atoms with Gasteiger partial charge >= 0.3 is 5.97 Å². The molecule has 0 atom stereocenters. The maximum Gasteiger partial charge on any atom is 0.355 e. The lowest BCUT2D eigenvalue weighted by Crippen LogP contribution is -2.41. The van der Waals surface area contributed by atoms with Gasteiger partial charge in [-0.3, -0.25) is 9.36 Å². The highest BCUT2D eigenvalue weighted by Gasteiger charge is 2.37. The topological polar surface area (TPSA) is 106 Å². The van der Waals surface area contributed by atoms with Crippen LogP contribution in [0.25, 0.3) is 32.9 Å². The molecule has 62 heavy (non-hydrogen) atoms. The molecule has 0 bridgehead atoms. The van der Waals surface area contributed by atoms with Gasteiger partial charge in [0, 0.05) is 74.5 Å². The van der Waals surface area contributed by atoms with Crippen LogP contribution in [-0.2, 0) is 65.5 Å². The molecule has 0 aliphatic carbocycles. The van der Waals surface area contributed by atoms with E-state index in [1.54, 1.807) is 23.9 Å². The van der Waals surface area contributed by atoms with Gasteiger partial charge in [0.1, 0.15) is 24.0 Å². The average molecular weight is 921 g/mol. The second-order valence-electron chi connectivity index (χ2n) is 19.0. The van der Waals surface area contributed by atoms with Crippen LogP contribution < -0.4 is 0 Å². The lowest BCUT2D eigenvalue weighted by Gasteiger charge is -2.36. The number of nitrogens with zero attached hydrogens (tertiary/aromatic N) is 5. The van der Waals surface area contributed by atoms with E-state index in [-0.39, 0.29) is 23.3 Å². The summed E-state index contributed by atoms with van der Waals surface area (Å²) in [4.78, 5) is 13.8. The van der Waals surface area contributed by atoms with Crippen molar-refractivity contribution in [3.63, 3.8) is 0 Å². The fourth-order valence-electron chi connectivity index (χ4n) is 7.61. The Morgan fingerprint density at radius 3 is 2.39 bits per heavy atom. The molecule has 0 fully saturated rings. The Balaban J connectivity index is 1.27. The smallest absolute Gasteiger partial charge is 0.355 e. The number of carbonyl (C=O) groups is 1. The van der Waals surface area contributed by atoms with Crippen LogP contribution in [0, 0.1) is 5.82 Å². The van der Waals surface area contributed by atoms with Crippen LogP contribution >= 0.6 is 23.4 Å². The summed E-state index contributed by atoms with van der Waals surface area (Å²) in [7, 11) is 1.95. The van der Waals surface area contributed by atoms with E-state index in [4.69, 9.17) is 35.7 Å². The third kappa shape index (κ3) is 10.9. The standard InChI is InChI=1S/C47H63ClFN5O5SSi2/c1-47(2,3)62(10,11)59-20-12-13-38-39-18-19-40(48)42(44(39)54(45(38)46(56)57-6)30-58-21-22-61(7,8)9)43-33(27-50-53(43)5)28-60-29-35-26-36(52(4)51-35)16-14-31-23-32-25-34(49)15-17-37(32)41(55)24-31/h15,17-19,23-27,55H,12-14,16,20-22,28-30H2,1-11H3. The second-order valence-corrected chi connectivity index (χ2v) is 30.8. The molecule has 0 unspecified atom stereocenters. The molecule has 0 spiro atoms. The third-order valence-electron chi connectivity index (χ3n) is 12.1. The number of benzene rings is 3. The number of thioether (sulfide) groups is 1. The maximum atomic E-state index is 13.9. The normalized spacial score (nSPS) is 12.6. The van der Waals surface area contributed by atoms with E-state index in [2.05, 4.69) is 59.6 Å². The molecule has 0 saturated carbocycles. The number of esters is 1. The number of aryl methyl sites for hydroxylation is 5. The summed E-state index contributed by atoms with van der Waals surface area (Å²) in [5.41, 5.74) is 7.82. The summed E-state index contributed by atoms with van der Waals surface area (Å²) in [5, 5.41) is 23.0. The van der Waals surface area contributed by atoms with Crippen molar-refractivity contribution in [1.29, 1.82) is 0 Å². The number of halogens is 2. The first-order valence-corrected chi connectivity index (χ1v) is 29.5. The van der Waals surface area contributed by atoms with Gasteiger partial charge in [0.15, 0.2) is 8.32 Å². The van der Waals surface area contributed by atoms with Crippen LogP contribution in [0.4, 0.5) is 4.39 Å². The third-order valence-corrected chi connectivity index (χ3v) is 19.7. The lowest BCUT2D eigenvalue weighted by atomic mass is 10.0. The highest BCUT2D eigenvalue weighted by molar-refractivity contribution is 7.97. The number of rotatable bonds is 19. The van der Waals surface area contributed by atoms with Crippen molar-refractivity contribution in [3.8, 4) is 17.0 Å². The Bertz CT molecular complexity index is 2560. The summed E-state index contributed by atoms with van der Waals surface area (Å²) >= 11 is 8.96. The molecule has 6 rings (SSSR count). The first kappa shape index (κ1) is 47.6. The van der Waals surface area contributed by atoms with E-state index in [0.29, 0.717) is 65.5 Å². The van der Waals surface area contributed by atoms with Gasteiger partial charge in [0.25, 0.3) is 0 Å². The highest BCUT2D eigenvalue weighted by atomic mass is 35.5. The molecular weight excluding hydrogens is 857 g/mol. The molecule has 0 radical (unpaired) electrons. The minimum Gasteiger partial charge on any atom is -0.507 e. The number of aromatic hydroxyl groups is 1. The van der Waals surface area contributed by atoms with E-state index < -0.39 is 22.4 Å².